The molecule has 0 radical (unpaired) electrons. The van der Waals surface area contributed by atoms with Gasteiger partial charge in [0.2, 0.25) is 6.29 Å². The molecule has 6 atom stereocenters. The Morgan fingerprint density at radius 3 is 1.82 bits per heavy atom. The van der Waals surface area contributed by atoms with Gasteiger partial charge in [0.25, 0.3) is 0 Å². The highest BCUT2D eigenvalue weighted by Crippen LogP contribution is 2.64. The summed E-state index contributed by atoms with van der Waals surface area (Å²) in [6.45, 7) is 3.98. The summed E-state index contributed by atoms with van der Waals surface area (Å²) < 4.78 is 27.9. The van der Waals surface area contributed by atoms with E-state index in [1.54, 1.807) is 67.6 Å². The van der Waals surface area contributed by atoms with Crippen molar-refractivity contribution in [1.29, 1.82) is 0 Å². The number of esters is 4. The number of hydrogen-bond donors (Lipinski definition) is 0. The van der Waals surface area contributed by atoms with E-state index in [1.165, 1.54) is 13.8 Å². The van der Waals surface area contributed by atoms with Crippen LogP contribution in [0.4, 0.5) is 0 Å². The normalized spacial score (nSPS) is 27.6. The molecular weight excluding hydrogens is 444 g/mol. The molecule has 2 aromatic carbocycles. The highest BCUT2D eigenvalue weighted by Gasteiger charge is 2.84. The molecule has 1 heterocycles. The molecule has 2 aromatic rings. The largest absolute Gasteiger partial charge is 0.458 e. The molecule has 2 fully saturated rings. The van der Waals surface area contributed by atoms with Crippen molar-refractivity contribution in [3.05, 3.63) is 71.8 Å². The molecule has 0 amide bonds. The number of ether oxygens (including phenoxy) is 5. The fourth-order valence-electron chi connectivity index (χ4n) is 4.43. The van der Waals surface area contributed by atoms with Crippen LogP contribution in [0.25, 0.3) is 0 Å². The zero-order chi connectivity index (χ0) is 24.5. The van der Waals surface area contributed by atoms with E-state index in [-0.39, 0.29) is 0 Å². The minimum atomic E-state index is -1.26. The van der Waals surface area contributed by atoms with Gasteiger partial charge in [0.15, 0.2) is 6.10 Å². The van der Waals surface area contributed by atoms with Gasteiger partial charge < -0.3 is 23.7 Å². The topological polar surface area (TPSA) is 114 Å². The minimum absolute atomic E-state index is 0.317. The fraction of sp³-hybridized carbons (Fsp3) is 0.360. The Balaban J connectivity index is 1.63. The highest BCUT2D eigenvalue weighted by molar-refractivity contribution is 5.90. The maximum atomic E-state index is 12.7. The van der Waals surface area contributed by atoms with Gasteiger partial charge in [-0.15, -0.1) is 0 Å². The second-order valence-corrected chi connectivity index (χ2v) is 8.17. The van der Waals surface area contributed by atoms with Gasteiger partial charge in [0, 0.05) is 13.8 Å². The van der Waals surface area contributed by atoms with Gasteiger partial charge in [-0.05, 0) is 31.2 Å². The van der Waals surface area contributed by atoms with Gasteiger partial charge in [-0.2, -0.15) is 0 Å². The summed E-state index contributed by atoms with van der Waals surface area (Å²) in [6.07, 6.45) is -5.06. The molecule has 4 rings (SSSR count). The van der Waals surface area contributed by atoms with Gasteiger partial charge >= 0.3 is 23.9 Å². The molecular formula is C25H24O9. The van der Waals surface area contributed by atoms with E-state index in [0.717, 1.165) is 0 Å². The zero-order valence-electron chi connectivity index (χ0n) is 18.8. The summed E-state index contributed by atoms with van der Waals surface area (Å²) in [7, 11) is 0. The third-order valence-corrected chi connectivity index (χ3v) is 5.99. The third-order valence-electron chi connectivity index (χ3n) is 5.99. The summed E-state index contributed by atoms with van der Waals surface area (Å²) in [5.41, 5.74) is -0.627. The van der Waals surface area contributed by atoms with E-state index < -0.39 is 60.0 Å². The molecule has 0 spiro atoms. The second kappa shape index (κ2) is 9.26. The lowest BCUT2D eigenvalue weighted by molar-refractivity contribution is -0.209. The SMILES string of the molecule is CC(=O)O[C@H]1O[C@@H]2C(OC(=O)c3ccccc3)[C@]2(C(C)OC(=O)c2ccccc2)[C@H]1OC(C)=O. The second-order valence-electron chi connectivity index (χ2n) is 8.17. The average Bonchev–Trinajstić information content (AvgIpc) is 3.31. The van der Waals surface area contributed by atoms with Crippen LogP contribution in [0.2, 0.25) is 0 Å². The average molecular weight is 468 g/mol. The van der Waals surface area contributed by atoms with Crippen LogP contribution in [0, 0.1) is 5.41 Å². The number of hydrogen-bond acceptors (Lipinski definition) is 9. The third kappa shape index (κ3) is 4.26. The van der Waals surface area contributed by atoms with Crippen molar-refractivity contribution in [2.24, 2.45) is 5.41 Å². The summed E-state index contributed by atoms with van der Waals surface area (Å²) in [4.78, 5) is 49.0. The van der Waals surface area contributed by atoms with Crippen LogP contribution >= 0.6 is 0 Å². The standard InChI is InChI=1S/C25H24O9/c1-14(30-22(28)17-10-6-4-7-11-17)25-19(33-23(29)18-12-8-5-9-13-18)20(25)34-24(32-16(3)27)21(25)31-15(2)26/h4-14,19-21,24H,1-3H3/t14?,19?,20-,21+,24+,25+/m1/s1. The number of rotatable bonds is 7. The van der Waals surface area contributed by atoms with E-state index in [0.29, 0.717) is 11.1 Å². The van der Waals surface area contributed by atoms with E-state index in [9.17, 15) is 19.2 Å². The Morgan fingerprint density at radius 2 is 1.29 bits per heavy atom. The van der Waals surface area contributed by atoms with Crippen LogP contribution in [0.15, 0.2) is 60.7 Å². The molecule has 0 aromatic heterocycles. The summed E-state index contributed by atoms with van der Waals surface area (Å²) in [6, 6.07) is 16.7. The lowest BCUT2D eigenvalue weighted by atomic mass is 9.92. The lowest BCUT2D eigenvalue weighted by Gasteiger charge is -2.31. The zero-order valence-corrected chi connectivity index (χ0v) is 18.8. The van der Waals surface area contributed by atoms with Gasteiger partial charge in [-0.3, -0.25) is 9.59 Å². The maximum Gasteiger partial charge on any atom is 0.338 e. The van der Waals surface area contributed by atoms with Crippen LogP contribution < -0.4 is 0 Å². The lowest BCUT2D eigenvalue weighted by Crippen LogP contribution is -2.46. The predicted molar refractivity (Wildman–Crippen MR) is 115 cm³/mol. The minimum Gasteiger partial charge on any atom is -0.458 e. The number of benzene rings is 2. The first-order chi connectivity index (χ1) is 16.2. The van der Waals surface area contributed by atoms with Crippen LogP contribution in [0.1, 0.15) is 41.5 Å². The molecule has 9 nitrogen and oxygen atoms in total. The molecule has 0 bridgehead atoms. The van der Waals surface area contributed by atoms with Crippen molar-refractivity contribution < 1.29 is 42.9 Å². The first-order valence-electron chi connectivity index (χ1n) is 10.8. The Morgan fingerprint density at radius 1 is 0.765 bits per heavy atom. The summed E-state index contributed by atoms with van der Waals surface area (Å²) in [5.74, 6) is -2.54. The van der Waals surface area contributed by atoms with E-state index in [4.69, 9.17) is 23.7 Å². The first kappa shape index (κ1) is 23.4. The summed E-state index contributed by atoms with van der Waals surface area (Å²) in [5, 5.41) is 0. The molecule has 34 heavy (non-hydrogen) atoms. The molecule has 9 heteroatoms. The Kier molecular flexibility index (Phi) is 6.39. The maximum absolute atomic E-state index is 12.7. The smallest absolute Gasteiger partial charge is 0.338 e. The predicted octanol–water partition coefficient (Wildman–Crippen LogP) is 2.68. The quantitative estimate of drug-likeness (QED) is 0.447. The van der Waals surface area contributed by atoms with Gasteiger partial charge in [0.1, 0.15) is 23.7 Å². The van der Waals surface area contributed by atoms with Crippen molar-refractivity contribution in [3.8, 4) is 0 Å². The van der Waals surface area contributed by atoms with Gasteiger partial charge in [0.05, 0.1) is 11.1 Å². The van der Waals surface area contributed by atoms with Crippen molar-refractivity contribution in [2.45, 2.75) is 51.5 Å². The molecule has 1 aliphatic heterocycles. The van der Waals surface area contributed by atoms with Crippen molar-refractivity contribution in [2.75, 3.05) is 0 Å². The molecule has 1 saturated carbocycles. The van der Waals surface area contributed by atoms with E-state index >= 15 is 0 Å². The Labute approximate surface area is 195 Å². The van der Waals surface area contributed by atoms with Gasteiger partial charge in [-0.1, -0.05) is 36.4 Å². The monoisotopic (exact) mass is 468 g/mol. The van der Waals surface area contributed by atoms with Crippen molar-refractivity contribution >= 4 is 23.9 Å². The molecule has 1 aliphatic carbocycles. The molecule has 0 N–H and O–H groups in total. The van der Waals surface area contributed by atoms with Crippen LogP contribution in [-0.4, -0.2) is 54.6 Å². The molecule has 178 valence electrons. The Hall–Kier alpha value is -3.72. The van der Waals surface area contributed by atoms with E-state index in [2.05, 4.69) is 0 Å². The van der Waals surface area contributed by atoms with Crippen molar-refractivity contribution in [3.63, 3.8) is 0 Å². The number of carbonyl (C=O) groups is 4. The highest BCUT2D eigenvalue weighted by atomic mass is 16.7. The molecule has 2 aliphatic rings. The summed E-state index contributed by atoms with van der Waals surface area (Å²) >= 11 is 0. The van der Waals surface area contributed by atoms with Gasteiger partial charge in [-0.25, -0.2) is 9.59 Å². The fourth-order valence-corrected chi connectivity index (χ4v) is 4.43. The molecule has 1 saturated heterocycles. The van der Waals surface area contributed by atoms with Crippen LogP contribution in [0.3, 0.4) is 0 Å². The number of fused-ring (bicyclic) bond motifs is 1. The number of carbonyl (C=O) groups excluding carboxylic acids is 4. The molecule has 2 unspecified atom stereocenters. The van der Waals surface area contributed by atoms with Crippen molar-refractivity contribution in [1.82, 2.24) is 0 Å². The van der Waals surface area contributed by atoms with Crippen LogP contribution in [0.5, 0.6) is 0 Å². The first-order valence-corrected chi connectivity index (χ1v) is 10.8. The Bertz CT molecular complexity index is 1030. The van der Waals surface area contributed by atoms with E-state index in [1.807, 2.05) is 0 Å². The van der Waals surface area contributed by atoms with Crippen LogP contribution in [-0.2, 0) is 33.3 Å².